The summed E-state index contributed by atoms with van der Waals surface area (Å²) < 4.78 is 5.80. The monoisotopic (exact) mass is 353 g/mol. The summed E-state index contributed by atoms with van der Waals surface area (Å²) in [7, 11) is 0. The number of piperidine rings is 1. The highest BCUT2D eigenvalue weighted by Gasteiger charge is 2.45. The van der Waals surface area contributed by atoms with Crippen LogP contribution < -0.4 is 5.32 Å². The zero-order valence-electron chi connectivity index (χ0n) is 15.4. The Morgan fingerprint density at radius 2 is 1.88 bits per heavy atom. The zero-order chi connectivity index (χ0) is 18.0. The highest BCUT2D eigenvalue weighted by atomic mass is 16.3. The van der Waals surface area contributed by atoms with Crippen LogP contribution in [0.4, 0.5) is 10.5 Å². The number of benzene rings is 1. The van der Waals surface area contributed by atoms with Crippen LogP contribution in [0.3, 0.4) is 0 Å². The smallest absolute Gasteiger partial charge is 0.321 e. The van der Waals surface area contributed by atoms with E-state index in [1.165, 1.54) is 6.42 Å². The number of nitrogens with zero attached hydrogens (tertiary/aromatic N) is 2. The summed E-state index contributed by atoms with van der Waals surface area (Å²) in [5.74, 6) is 1.98. The highest BCUT2D eigenvalue weighted by molar-refractivity contribution is 5.89. The Balaban J connectivity index is 1.45. The lowest BCUT2D eigenvalue weighted by molar-refractivity contribution is 0.0488. The number of hydrogen-bond donors (Lipinski definition) is 1. The van der Waals surface area contributed by atoms with Gasteiger partial charge in [0.1, 0.15) is 11.5 Å². The van der Waals surface area contributed by atoms with Crippen LogP contribution in [0.2, 0.25) is 0 Å². The van der Waals surface area contributed by atoms with Crippen molar-refractivity contribution in [1.29, 1.82) is 0 Å². The van der Waals surface area contributed by atoms with Crippen LogP contribution in [0, 0.1) is 6.92 Å². The second-order valence-electron chi connectivity index (χ2n) is 7.58. The fraction of sp³-hybridized carbons (Fsp3) is 0.476. The summed E-state index contributed by atoms with van der Waals surface area (Å²) in [4.78, 5) is 17.3. The zero-order valence-corrected chi connectivity index (χ0v) is 15.4. The molecule has 0 aliphatic carbocycles. The normalized spacial score (nSPS) is 23.5. The lowest BCUT2D eigenvalue weighted by Gasteiger charge is -2.45. The minimum atomic E-state index is 0.0102. The molecule has 0 bridgehead atoms. The fourth-order valence-corrected chi connectivity index (χ4v) is 4.47. The first-order valence-electron chi connectivity index (χ1n) is 9.56. The molecule has 1 spiro atoms. The Bertz CT molecular complexity index is 758. The molecule has 4 rings (SSSR count). The molecule has 0 saturated carbocycles. The third kappa shape index (κ3) is 3.49. The van der Waals surface area contributed by atoms with Crippen molar-refractivity contribution in [2.24, 2.45) is 0 Å². The topological polar surface area (TPSA) is 48.7 Å². The number of urea groups is 1. The number of amides is 2. The number of hydrogen-bond acceptors (Lipinski definition) is 3. The lowest BCUT2D eigenvalue weighted by Crippen LogP contribution is -2.57. The van der Waals surface area contributed by atoms with Crippen LogP contribution in [0.1, 0.15) is 37.2 Å². The van der Waals surface area contributed by atoms with E-state index in [9.17, 15) is 4.79 Å². The molecular formula is C21H27N3O2. The Kier molecular flexibility index (Phi) is 4.72. The average molecular weight is 353 g/mol. The SMILES string of the molecule is Cc1ccc(CN2CCCC23CCCN(C(=O)Nc2ccccc2)C3)o1. The third-order valence-corrected chi connectivity index (χ3v) is 5.75. The van der Waals surface area contributed by atoms with Gasteiger partial charge in [0.15, 0.2) is 0 Å². The van der Waals surface area contributed by atoms with Gasteiger partial charge in [0.2, 0.25) is 0 Å². The maximum absolute atomic E-state index is 12.8. The molecule has 3 heterocycles. The van der Waals surface area contributed by atoms with Crippen molar-refractivity contribution in [2.75, 3.05) is 25.0 Å². The summed E-state index contributed by atoms with van der Waals surface area (Å²) in [5, 5.41) is 3.04. The van der Waals surface area contributed by atoms with Crippen molar-refractivity contribution in [3.8, 4) is 0 Å². The number of carbonyl (C=O) groups is 1. The fourth-order valence-electron chi connectivity index (χ4n) is 4.47. The van der Waals surface area contributed by atoms with Crippen LogP contribution >= 0.6 is 0 Å². The number of rotatable bonds is 3. The Morgan fingerprint density at radius 1 is 1.12 bits per heavy atom. The number of furan rings is 1. The van der Waals surface area contributed by atoms with Gasteiger partial charge < -0.3 is 14.6 Å². The summed E-state index contributed by atoms with van der Waals surface area (Å²) in [6.07, 6.45) is 4.55. The highest BCUT2D eigenvalue weighted by Crippen LogP contribution is 2.38. The summed E-state index contributed by atoms with van der Waals surface area (Å²) in [6.45, 7) is 5.52. The summed E-state index contributed by atoms with van der Waals surface area (Å²) in [6, 6.07) is 13.8. The maximum atomic E-state index is 12.8. The van der Waals surface area contributed by atoms with E-state index in [1.54, 1.807) is 0 Å². The van der Waals surface area contributed by atoms with Crippen molar-refractivity contribution >= 4 is 11.7 Å². The first-order chi connectivity index (χ1) is 12.6. The molecule has 1 N–H and O–H groups in total. The molecule has 1 unspecified atom stereocenters. The first kappa shape index (κ1) is 17.2. The molecule has 2 fully saturated rings. The van der Waals surface area contributed by atoms with Crippen molar-refractivity contribution in [3.63, 3.8) is 0 Å². The molecule has 1 aromatic carbocycles. The van der Waals surface area contributed by atoms with Gasteiger partial charge in [-0.1, -0.05) is 18.2 Å². The molecule has 2 amide bonds. The number of para-hydroxylation sites is 1. The van der Waals surface area contributed by atoms with E-state index in [4.69, 9.17) is 4.42 Å². The van der Waals surface area contributed by atoms with E-state index < -0.39 is 0 Å². The molecular weight excluding hydrogens is 326 g/mol. The van der Waals surface area contributed by atoms with E-state index in [-0.39, 0.29) is 11.6 Å². The Hall–Kier alpha value is -2.27. The van der Waals surface area contributed by atoms with Gasteiger partial charge in [0.25, 0.3) is 0 Å². The summed E-state index contributed by atoms with van der Waals surface area (Å²) in [5.41, 5.74) is 0.943. The van der Waals surface area contributed by atoms with Gasteiger partial charge in [-0.2, -0.15) is 0 Å². The minimum absolute atomic E-state index is 0.0102. The van der Waals surface area contributed by atoms with Crippen LogP contribution in [0.5, 0.6) is 0 Å². The van der Waals surface area contributed by atoms with Crippen molar-refractivity contribution in [2.45, 2.75) is 44.7 Å². The Labute approximate surface area is 155 Å². The molecule has 26 heavy (non-hydrogen) atoms. The Morgan fingerprint density at radius 3 is 2.62 bits per heavy atom. The standard InChI is InChI=1S/C21H27N3O2/c1-17-9-10-19(26-17)15-24-14-6-12-21(24)11-5-13-23(16-21)20(25)22-18-7-3-2-4-8-18/h2-4,7-10H,5-6,11-16H2,1H3,(H,22,25). The molecule has 138 valence electrons. The van der Waals surface area contributed by atoms with Gasteiger partial charge in [-0.15, -0.1) is 0 Å². The quantitative estimate of drug-likeness (QED) is 0.897. The van der Waals surface area contributed by atoms with Gasteiger partial charge >= 0.3 is 6.03 Å². The number of aryl methyl sites for hydroxylation is 1. The molecule has 5 nitrogen and oxygen atoms in total. The molecule has 5 heteroatoms. The second-order valence-corrected chi connectivity index (χ2v) is 7.58. The van der Waals surface area contributed by atoms with Gasteiger partial charge in [-0.05, 0) is 63.4 Å². The van der Waals surface area contributed by atoms with Crippen molar-refractivity contribution < 1.29 is 9.21 Å². The third-order valence-electron chi connectivity index (χ3n) is 5.75. The number of nitrogens with one attached hydrogen (secondary N) is 1. The molecule has 2 aliphatic rings. The van der Waals surface area contributed by atoms with Crippen LogP contribution in [0.25, 0.3) is 0 Å². The molecule has 2 aromatic rings. The molecule has 2 saturated heterocycles. The minimum Gasteiger partial charge on any atom is -0.465 e. The number of likely N-dealkylation sites (tertiary alicyclic amines) is 2. The number of carbonyl (C=O) groups excluding carboxylic acids is 1. The molecule has 1 aromatic heterocycles. The number of anilines is 1. The largest absolute Gasteiger partial charge is 0.465 e. The molecule has 2 aliphatic heterocycles. The predicted molar refractivity (Wildman–Crippen MR) is 102 cm³/mol. The van der Waals surface area contributed by atoms with Crippen molar-refractivity contribution in [1.82, 2.24) is 9.80 Å². The lowest BCUT2D eigenvalue weighted by atomic mass is 9.86. The maximum Gasteiger partial charge on any atom is 0.321 e. The average Bonchev–Trinajstić information content (AvgIpc) is 3.23. The van der Waals surface area contributed by atoms with Crippen LogP contribution in [-0.2, 0) is 6.54 Å². The van der Waals surface area contributed by atoms with E-state index in [0.717, 1.165) is 62.6 Å². The summed E-state index contributed by atoms with van der Waals surface area (Å²) >= 11 is 0. The van der Waals surface area contributed by atoms with E-state index >= 15 is 0 Å². The second kappa shape index (κ2) is 7.16. The predicted octanol–water partition coefficient (Wildman–Crippen LogP) is 4.25. The van der Waals surface area contributed by atoms with Crippen molar-refractivity contribution in [3.05, 3.63) is 54.0 Å². The van der Waals surface area contributed by atoms with Gasteiger partial charge in [0.05, 0.1) is 6.54 Å². The van der Waals surface area contributed by atoms with Crippen LogP contribution in [0.15, 0.2) is 46.9 Å². The van der Waals surface area contributed by atoms with Gasteiger partial charge in [-0.25, -0.2) is 4.79 Å². The van der Waals surface area contributed by atoms with Gasteiger partial charge in [0, 0.05) is 24.3 Å². The van der Waals surface area contributed by atoms with E-state index in [2.05, 4.69) is 16.3 Å². The van der Waals surface area contributed by atoms with E-state index in [0.29, 0.717) is 0 Å². The first-order valence-corrected chi connectivity index (χ1v) is 9.56. The van der Waals surface area contributed by atoms with E-state index in [1.807, 2.05) is 48.2 Å². The molecule has 0 radical (unpaired) electrons. The molecule has 1 atom stereocenters. The van der Waals surface area contributed by atoms with Crippen LogP contribution in [-0.4, -0.2) is 41.0 Å². The van der Waals surface area contributed by atoms with Gasteiger partial charge in [-0.3, -0.25) is 4.90 Å².